The van der Waals surface area contributed by atoms with E-state index >= 15 is 0 Å². The van der Waals surface area contributed by atoms with Gasteiger partial charge >= 0.3 is 0 Å². The highest BCUT2D eigenvalue weighted by Gasteiger charge is 2.21. The van der Waals surface area contributed by atoms with E-state index in [1.165, 1.54) is 0 Å². The molecule has 0 fully saturated rings. The Bertz CT molecular complexity index is 695. The molecule has 2 heterocycles. The number of para-hydroxylation sites is 1. The van der Waals surface area contributed by atoms with E-state index in [0.717, 1.165) is 42.9 Å². The minimum absolute atomic E-state index is 0.131. The number of methoxy groups -OCH3 is 1. The van der Waals surface area contributed by atoms with Gasteiger partial charge in [0.15, 0.2) is 0 Å². The summed E-state index contributed by atoms with van der Waals surface area (Å²) in [6.45, 7) is 2.93. The maximum absolute atomic E-state index is 12.3. The summed E-state index contributed by atoms with van der Waals surface area (Å²) in [6, 6.07) is 8.21. The molecule has 2 aromatic rings. The van der Waals surface area contributed by atoms with Crippen LogP contribution in [0.3, 0.4) is 0 Å². The quantitative estimate of drug-likeness (QED) is 0.887. The number of ether oxygens (including phenoxy) is 1. The number of carbonyl (C=O) groups is 1. The van der Waals surface area contributed by atoms with Gasteiger partial charge in [-0.05, 0) is 30.4 Å². The van der Waals surface area contributed by atoms with Crippen LogP contribution in [0.2, 0.25) is 0 Å². The summed E-state index contributed by atoms with van der Waals surface area (Å²) < 4.78 is 7.52. The van der Waals surface area contributed by atoms with Crippen molar-refractivity contribution in [1.82, 2.24) is 14.9 Å². The van der Waals surface area contributed by atoms with Crippen LogP contribution in [-0.4, -0.2) is 28.6 Å². The first-order chi connectivity index (χ1) is 11.7. The van der Waals surface area contributed by atoms with E-state index in [1.54, 1.807) is 7.11 Å². The van der Waals surface area contributed by atoms with Crippen molar-refractivity contribution in [2.24, 2.45) is 5.92 Å². The standard InChI is InChI=1S/C19H25N3O2/c1-14(11-15-5-3-4-6-17(15)24-2)12-19(23)21-16-7-8-18-20-9-10-22(18)13-16/h3-6,9-10,14,16H,7-8,11-13H2,1-2H3,(H,21,23). The molecule has 2 atom stereocenters. The summed E-state index contributed by atoms with van der Waals surface area (Å²) in [5, 5.41) is 3.18. The molecule has 128 valence electrons. The third kappa shape index (κ3) is 3.96. The Balaban J connectivity index is 1.50. The number of amides is 1. The number of fused-ring (bicyclic) bond motifs is 1. The van der Waals surface area contributed by atoms with Crippen LogP contribution in [0.5, 0.6) is 5.75 Å². The van der Waals surface area contributed by atoms with Crippen molar-refractivity contribution in [3.05, 3.63) is 48.0 Å². The molecule has 1 aliphatic rings. The minimum Gasteiger partial charge on any atom is -0.496 e. The van der Waals surface area contributed by atoms with Gasteiger partial charge in [-0.2, -0.15) is 0 Å². The fraction of sp³-hybridized carbons (Fsp3) is 0.474. The molecule has 0 radical (unpaired) electrons. The van der Waals surface area contributed by atoms with Gasteiger partial charge in [-0.3, -0.25) is 4.79 Å². The fourth-order valence-electron chi connectivity index (χ4n) is 3.41. The fourth-order valence-corrected chi connectivity index (χ4v) is 3.41. The highest BCUT2D eigenvalue weighted by Crippen LogP contribution is 2.22. The lowest BCUT2D eigenvalue weighted by atomic mass is 9.96. The third-order valence-electron chi connectivity index (χ3n) is 4.60. The van der Waals surface area contributed by atoms with E-state index in [-0.39, 0.29) is 17.9 Å². The second-order valence-corrected chi connectivity index (χ2v) is 6.62. The lowest BCUT2D eigenvalue weighted by Gasteiger charge is -2.25. The first kappa shape index (κ1) is 16.6. The number of carbonyl (C=O) groups excluding carboxylic acids is 1. The molecule has 5 nitrogen and oxygen atoms in total. The topological polar surface area (TPSA) is 56.1 Å². The Morgan fingerprint density at radius 3 is 3.12 bits per heavy atom. The molecular formula is C19H25N3O2. The Kier molecular flexibility index (Phi) is 5.18. The molecule has 5 heteroatoms. The molecule has 1 aromatic heterocycles. The number of imidazole rings is 1. The average Bonchev–Trinajstić information content (AvgIpc) is 3.02. The average molecular weight is 327 g/mol. The molecule has 0 bridgehead atoms. The lowest BCUT2D eigenvalue weighted by Crippen LogP contribution is -2.41. The van der Waals surface area contributed by atoms with E-state index in [4.69, 9.17) is 4.74 Å². The smallest absolute Gasteiger partial charge is 0.220 e. The molecule has 0 saturated carbocycles. The van der Waals surface area contributed by atoms with E-state index in [9.17, 15) is 4.79 Å². The molecule has 1 N–H and O–H groups in total. The van der Waals surface area contributed by atoms with Gasteiger partial charge in [0, 0.05) is 37.8 Å². The number of rotatable bonds is 6. The number of benzene rings is 1. The summed E-state index contributed by atoms with van der Waals surface area (Å²) in [6.07, 6.45) is 7.07. The highest BCUT2D eigenvalue weighted by atomic mass is 16.5. The van der Waals surface area contributed by atoms with Crippen LogP contribution in [-0.2, 0) is 24.2 Å². The predicted molar refractivity (Wildman–Crippen MR) is 93.0 cm³/mol. The first-order valence-corrected chi connectivity index (χ1v) is 8.57. The number of aromatic nitrogens is 2. The van der Waals surface area contributed by atoms with Crippen molar-refractivity contribution in [2.45, 2.75) is 45.2 Å². The van der Waals surface area contributed by atoms with Crippen LogP contribution in [0.15, 0.2) is 36.7 Å². The SMILES string of the molecule is COc1ccccc1CC(C)CC(=O)NC1CCc2nccn2C1. The highest BCUT2D eigenvalue weighted by molar-refractivity contribution is 5.76. The molecule has 0 aliphatic carbocycles. The maximum Gasteiger partial charge on any atom is 0.220 e. The molecule has 1 amide bonds. The lowest BCUT2D eigenvalue weighted by molar-refractivity contribution is -0.122. The number of hydrogen-bond donors (Lipinski definition) is 1. The van der Waals surface area contributed by atoms with Crippen LogP contribution in [0.1, 0.15) is 31.2 Å². The van der Waals surface area contributed by atoms with Crippen LogP contribution in [0.4, 0.5) is 0 Å². The summed E-state index contributed by atoms with van der Waals surface area (Å²) in [5.74, 6) is 2.41. The zero-order chi connectivity index (χ0) is 16.9. The molecule has 2 unspecified atom stereocenters. The number of nitrogens with one attached hydrogen (secondary N) is 1. The normalized spacial score (nSPS) is 17.8. The molecule has 3 rings (SSSR count). The van der Waals surface area contributed by atoms with Crippen molar-refractivity contribution in [3.63, 3.8) is 0 Å². The summed E-state index contributed by atoms with van der Waals surface area (Å²) in [5.41, 5.74) is 1.15. The van der Waals surface area contributed by atoms with E-state index < -0.39 is 0 Å². The monoisotopic (exact) mass is 327 g/mol. The van der Waals surface area contributed by atoms with Gasteiger partial charge < -0.3 is 14.6 Å². The van der Waals surface area contributed by atoms with E-state index in [1.807, 2.05) is 30.6 Å². The van der Waals surface area contributed by atoms with Gasteiger partial charge in [-0.1, -0.05) is 25.1 Å². The largest absolute Gasteiger partial charge is 0.496 e. The molecule has 24 heavy (non-hydrogen) atoms. The minimum atomic E-state index is 0.131. The molecule has 1 aromatic carbocycles. The molecule has 0 saturated heterocycles. The van der Waals surface area contributed by atoms with Crippen molar-refractivity contribution in [2.75, 3.05) is 7.11 Å². The Hall–Kier alpha value is -2.30. The Morgan fingerprint density at radius 2 is 2.29 bits per heavy atom. The second kappa shape index (κ2) is 7.51. The van der Waals surface area contributed by atoms with Crippen molar-refractivity contribution >= 4 is 5.91 Å². The van der Waals surface area contributed by atoms with Gasteiger partial charge in [-0.15, -0.1) is 0 Å². The zero-order valence-corrected chi connectivity index (χ0v) is 14.4. The van der Waals surface area contributed by atoms with Gasteiger partial charge in [-0.25, -0.2) is 4.98 Å². The molecule has 0 spiro atoms. The zero-order valence-electron chi connectivity index (χ0n) is 14.4. The summed E-state index contributed by atoms with van der Waals surface area (Å²) in [7, 11) is 1.68. The maximum atomic E-state index is 12.3. The van der Waals surface area contributed by atoms with Crippen molar-refractivity contribution < 1.29 is 9.53 Å². The number of aryl methyl sites for hydroxylation is 1. The Labute approximate surface area is 143 Å². The van der Waals surface area contributed by atoms with E-state index in [0.29, 0.717) is 6.42 Å². The first-order valence-electron chi connectivity index (χ1n) is 8.57. The van der Waals surface area contributed by atoms with Gasteiger partial charge in [0.1, 0.15) is 11.6 Å². The Morgan fingerprint density at radius 1 is 1.46 bits per heavy atom. The van der Waals surface area contributed by atoms with Crippen LogP contribution < -0.4 is 10.1 Å². The molecular weight excluding hydrogens is 302 g/mol. The summed E-state index contributed by atoms with van der Waals surface area (Å²) in [4.78, 5) is 16.7. The van der Waals surface area contributed by atoms with Crippen molar-refractivity contribution in [3.8, 4) is 5.75 Å². The molecule has 1 aliphatic heterocycles. The number of nitrogens with zero attached hydrogens (tertiary/aromatic N) is 2. The van der Waals surface area contributed by atoms with Crippen LogP contribution >= 0.6 is 0 Å². The van der Waals surface area contributed by atoms with Crippen LogP contribution in [0, 0.1) is 5.92 Å². The van der Waals surface area contributed by atoms with Crippen molar-refractivity contribution in [1.29, 1.82) is 0 Å². The van der Waals surface area contributed by atoms with Gasteiger partial charge in [0.25, 0.3) is 0 Å². The van der Waals surface area contributed by atoms with Gasteiger partial charge in [0.2, 0.25) is 5.91 Å². The second-order valence-electron chi connectivity index (χ2n) is 6.62. The van der Waals surface area contributed by atoms with Crippen LogP contribution in [0.25, 0.3) is 0 Å². The van der Waals surface area contributed by atoms with Gasteiger partial charge in [0.05, 0.1) is 7.11 Å². The third-order valence-corrected chi connectivity index (χ3v) is 4.60. The summed E-state index contributed by atoms with van der Waals surface area (Å²) >= 11 is 0. The van der Waals surface area contributed by atoms with E-state index in [2.05, 4.69) is 27.9 Å². The predicted octanol–water partition coefficient (Wildman–Crippen LogP) is 2.59. The number of hydrogen-bond acceptors (Lipinski definition) is 3.